The average Bonchev–Trinajstić information content (AvgIpc) is 2.86. The summed E-state index contributed by atoms with van der Waals surface area (Å²) in [5.41, 5.74) is 0.342. The maximum Gasteiger partial charge on any atom is 0.314 e. The van der Waals surface area contributed by atoms with Gasteiger partial charge in [-0.15, -0.1) is 0 Å². The lowest BCUT2D eigenvalue weighted by molar-refractivity contribution is -0.143. The molecule has 3 amide bonds. The van der Waals surface area contributed by atoms with Crippen LogP contribution in [0.3, 0.4) is 0 Å². The Morgan fingerprint density at radius 1 is 1.16 bits per heavy atom. The van der Waals surface area contributed by atoms with Gasteiger partial charge >= 0.3 is 11.8 Å². The van der Waals surface area contributed by atoms with Crippen LogP contribution in [0, 0.1) is 5.92 Å². The number of anilines is 1. The van der Waals surface area contributed by atoms with Gasteiger partial charge in [0.2, 0.25) is 11.8 Å². The molecule has 1 fully saturated rings. The molecule has 8 heteroatoms. The number of hydrogen-bond acceptors (Lipinski definition) is 5. The Morgan fingerprint density at radius 3 is 2.52 bits per heavy atom. The van der Waals surface area contributed by atoms with E-state index in [2.05, 4.69) is 10.3 Å². The molecule has 1 saturated heterocycles. The Labute approximate surface area is 147 Å². The Kier molecular flexibility index (Phi) is 6.32. The second-order valence-corrected chi connectivity index (χ2v) is 6.14. The predicted octanol–water partition coefficient (Wildman–Crippen LogP) is 0.746. The molecule has 1 N–H and O–H groups in total. The smallest absolute Gasteiger partial charge is 0.314 e. The van der Waals surface area contributed by atoms with E-state index in [0.29, 0.717) is 38.3 Å². The van der Waals surface area contributed by atoms with E-state index >= 15 is 0 Å². The van der Waals surface area contributed by atoms with Crippen LogP contribution in [0.4, 0.5) is 5.69 Å². The van der Waals surface area contributed by atoms with Crippen molar-refractivity contribution in [3.8, 4) is 5.88 Å². The van der Waals surface area contributed by atoms with E-state index in [1.165, 1.54) is 18.2 Å². The fourth-order valence-electron chi connectivity index (χ4n) is 2.67. The number of rotatable bonds is 3. The highest BCUT2D eigenvalue weighted by Crippen LogP contribution is 2.19. The van der Waals surface area contributed by atoms with Gasteiger partial charge in [0.1, 0.15) is 5.69 Å². The molecule has 1 aromatic heterocycles. The van der Waals surface area contributed by atoms with E-state index < -0.39 is 11.8 Å². The van der Waals surface area contributed by atoms with Gasteiger partial charge in [-0.3, -0.25) is 14.4 Å². The van der Waals surface area contributed by atoms with Crippen LogP contribution < -0.4 is 10.1 Å². The van der Waals surface area contributed by atoms with Crippen molar-refractivity contribution in [2.75, 3.05) is 38.6 Å². The number of carbonyl (C=O) groups is 3. The molecular formula is C17H24N4O4. The summed E-state index contributed by atoms with van der Waals surface area (Å²) in [6.45, 7) is 5.52. The number of amides is 3. The van der Waals surface area contributed by atoms with Gasteiger partial charge in [-0.1, -0.05) is 13.8 Å². The molecule has 2 rings (SSSR count). The van der Waals surface area contributed by atoms with Crippen LogP contribution in [-0.2, 0) is 14.4 Å². The minimum absolute atomic E-state index is 0.0684. The quantitative estimate of drug-likeness (QED) is 0.814. The summed E-state index contributed by atoms with van der Waals surface area (Å²) in [6.07, 6.45) is 2.18. The van der Waals surface area contributed by atoms with Gasteiger partial charge in [-0.05, 0) is 18.6 Å². The van der Waals surface area contributed by atoms with Gasteiger partial charge in [0, 0.05) is 38.3 Å². The Bertz CT molecular complexity index is 647. The van der Waals surface area contributed by atoms with Gasteiger partial charge in [0.05, 0.1) is 7.11 Å². The molecule has 0 unspecified atom stereocenters. The number of aromatic nitrogens is 1. The zero-order valence-corrected chi connectivity index (χ0v) is 14.8. The third-order valence-corrected chi connectivity index (χ3v) is 4.00. The summed E-state index contributed by atoms with van der Waals surface area (Å²) in [5, 5.41) is 2.53. The molecular weight excluding hydrogens is 324 g/mol. The van der Waals surface area contributed by atoms with Crippen LogP contribution in [0.5, 0.6) is 5.88 Å². The standard InChI is InChI=1S/C17H24N4O4/c1-12(2)16(23)20-8-5-9-21(11-10-20)17(24)14(22)19-13-6-4-7-18-15(13)25-3/h4,6-7,12H,5,8-11H2,1-3H3,(H,19,22). The molecule has 1 aliphatic heterocycles. The first-order valence-corrected chi connectivity index (χ1v) is 8.32. The fraction of sp³-hybridized carbons (Fsp3) is 0.529. The highest BCUT2D eigenvalue weighted by molar-refractivity contribution is 6.39. The molecule has 0 aliphatic carbocycles. The van der Waals surface area contributed by atoms with Gasteiger partial charge < -0.3 is 19.9 Å². The van der Waals surface area contributed by atoms with Crippen LogP contribution in [-0.4, -0.2) is 65.8 Å². The number of methoxy groups -OCH3 is 1. The van der Waals surface area contributed by atoms with E-state index in [4.69, 9.17) is 4.74 Å². The molecule has 0 spiro atoms. The van der Waals surface area contributed by atoms with E-state index in [0.717, 1.165) is 0 Å². The third kappa shape index (κ3) is 4.68. The minimum Gasteiger partial charge on any atom is -0.480 e. The summed E-state index contributed by atoms with van der Waals surface area (Å²) in [6, 6.07) is 3.26. The normalized spacial score (nSPS) is 14.9. The molecule has 2 heterocycles. The van der Waals surface area contributed by atoms with E-state index in [9.17, 15) is 14.4 Å². The molecule has 25 heavy (non-hydrogen) atoms. The molecule has 8 nitrogen and oxygen atoms in total. The SMILES string of the molecule is COc1ncccc1NC(=O)C(=O)N1CCCN(C(=O)C(C)C)CC1. The van der Waals surface area contributed by atoms with Gasteiger partial charge in [0.25, 0.3) is 0 Å². The molecule has 1 aromatic rings. The number of carbonyl (C=O) groups excluding carboxylic acids is 3. The fourth-order valence-corrected chi connectivity index (χ4v) is 2.67. The van der Waals surface area contributed by atoms with Crippen molar-refractivity contribution in [3.63, 3.8) is 0 Å². The highest BCUT2D eigenvalue weighted by Gasteiger charge is 2.27. The molecule has 0 atom stereocenters. The van der Waals surface area contributed by atoms with E-state index in [1.54, 1.807) is 17.0 Å². The van der Waals surface area contributed by atoms with Crippen LogP contribution in [0.2, 0.25) is 0 Å². The summed E-state index contributed by atoms with van der Waals surface area (Å²) in [4.78, 5) is 44.0. The summed E-state index contributed by atoms with van der Waals surface area (Å²) in [5.74, 6) is -1.13. The monoisotopic (exact) mass is 348 g/mol. The lowest BCUT2D eigenvalue weighted by atomic mass is 10.2. The van der Waals surface area contributed by atoms with Gasteiger partial charge in [-0.25, -0.2) is 4.98 Å². The summed E-state index contributed by atoms with van der Waals surface area (Å²) in [7, 11) is 1.44. The van der Waals surface area contributed by atoms with Crippen molar-refractivity contribution in [2.45, 2.75) is 20.3 Å². The van der Waals surface area contributed by atoms with E-state index in [-0.39, 0.29) is 17.7 Å². The molecule has 136 valence electrons. The second kappa shape index (κ2) is 8.46. The molecule has 1 aliphatic rings. The molecule has 0 saturated carbocycles. The first kappa shape index (κ1) is 18.7. The van der Waals surface area contributed by atoms with Crippen molar-refractivity contribution in [1.82, 2.24) is 14.8 Å². The van der Waals surface area contributed by atoms with E-state index in [1.807, 2.05) is 13.8 Å². The Morgan fingerprint density at radius 2 is 1.84 bits per heavy atom. The molecule has 0 aromatic carbocycles. The lowest BCUT2D eigenvalue weighted by Gasteiger charge is -2.23. The van der Waals surface area contributed by atoms with Gasteiger partial charge in [-0.2, -0.15) is 0 Å². The minimum atomic E-state index is -0.741. The number of nitrogens with zero attached hydrogens (tertiary/aromatic N) is 3. The lowest BCUT2D eigenvalue weighted by Crippen LogP contribution is -2.42. The van der Waals surface area contributed by atoms with Gasteiger partial charge in [0.15, 0.2) is 0 Å². The molecule has 0 bridgehead atoms. The number of nitrogens with one attached hydrogen (secondary N) is 1. The van der Waals surface area contributed by atoms with Crippen LogP contribution in [0.15, 0.2) is 18.3 Å². The maximum absolute atomic E-state index is 12.4. The van der Waals surface area contributed by atoms with Crippen molar-refractivity contribution >= 4 is 23.4 Å². The number of ether oxygens (including phenoxy) is 1. The largest absolute Gasteiger partial charge is 0.480 e. The number of pyridine rings is 1. The highest BCUT2D eigenvalue weighted by atomic mass is 16.5. The number of hydrogen-bond donors (Lipinski definition) is 1. The second-order valence-electron chi connectivity index (χ2n) is 6.14. The van der Waals surface area contributed by atoms with Crippen LogP contribution in [0.25, 0.3) is 0 Å². The maximum atomic E-state index is 12.4. The topological polar surface area (TPSA) is 91.8 Å². The van der Waals surface area contributed by atoms with Crippen molar-refractivity contribution in [2.24, 2.45) is 5.92 Å². The summed E-state index contributed by atoms with van der Waals surface area (Å²) < 4.78 is 5.06. The van der Waals surface area contributed by atoms with Crippen molar-refractivity contribution in [1.29, 1.82) is 0 Å². The predicted molar refractivity (Wildman–Crippen MR) is 92.0 cm³/mol. The van der Waals surface area contributed by atoms with Crippen molar-refractivity contribution in [3.05, 3.63) is 18.3 Å². The zero-order valence-electron chi connectivity index (χ0n) is 14.8. The van der Waals surface area contributed by atoms with Crippen molar-refractivity contribution < 1.29 is 19.1 Å². The zero-order chi connectivity index (χ0) is 18.4. The summed E-state index contributed by atoms with van der Waals surface area (Å²) >= 11 is 0. The van der Waals surface area contributed by atoms with Crippen LogP contribution >= 0.6 is 0 Å². The third-order valence-electron chi connectivity index (χ3n) is 4.00. The Balaban J connectivity index is 1.98. The first-order chi connectivity index (χ1) is 11.9. The Hall–Kier alpha value is -2.64. The van der Waals surface area contributed by atoms with Crippen LogP contribution in [0.1, 0.15) is 20.3 Å². The average molecular weight is 348 g/mol. The molecule has 0 radical (unpaired) electrons. The first-order valence-electron chi connectivity index (χ1n) is 8.32.